The van der Waals surface area contributed by atoms with Crippen LogP contribution >= 0.6 is 0 Å². The van der Waals surface area contributed by atoms with E-state index in [1.807, 2.05) is 18.2 Å². The minimum atomic E-state index is -0.765. The van der Waals surface area contributed by atoms with Crippen LogP contribution < -0.4 is 11.1 Å². The third kappa shape index (κ3) is 4.32. The molecule has 1 aromatic heterocycles. The van der Waals surface area contributed by atoms with Crippen molar-refractivity contribution in [2.24, 2.45) is 5.92 Å². The van der Waals surface area contributed by atoms with E-state index >= 15 is 0 Å². The standard InChI is InChI=1S/C21H20N4O6/c26-19(13-24-17-9-8-16(25(29)30)11-18(17)31-21(24)28)23-10-4-5-14(12-23)20(27)22-15-6-2-1-3-7-15/h1-3,6-9,11,14H,4-5,10,12-13H2,(H,22,27). The van der Waals surface area contributed by atoms with Gasteiger partial charge in [0.1, 0.15) is 6.54 Å². The Bertz CT molecular complexity index is 1200. The zero-order valence-corrected chi connectivity index (χ0v) is 16.5. The summed E-state index contributed by atoms with van der Waals surface area (Å²) < 4.78 is 6.22. The molecule has 1 saturated heterocycles. The Labute approximate surface area is 176 Å². The van der Waals surface area contributed by atoms with E-state index in [1.54, 1.807) is 17.0 Å². The highest BCUT2D eigenvalue weighted by molar-refractivity contribution is 5.93. The number of benzene rings is 2. The van der Waals surface area contributed by atoms with Crippen LogP contribution in [0.4, 0.5) is 11.4 Å². The average molecular weight is 424 g/mol. The van der Waals surface area contributed by atoms with Crippen molar-refractivity contribution in [3.63, 3.8) is 0 Å². The number of nitro groups is 1. The van der Waals surface area contributed by atoms with Crippen LogP contribution in [0.25, 0.3) is 11.1 Å². The number of non-ortho nitro benzene ring substituents is 1. The van der Waals surface area contributed by atoms with Crippen LogP contribution in [0.2, 0.25) is 0 Å². The van der Waals surface area contributed by atoms with E-state index in [0.717, 1.165) is 10.6 Å². The van der Waals surface area contributed by atoms with E-state index in [1.165, 1.54) is 12.1 Å². The summed E-state index contributed by atoms with van der Waals surface area (Å²) in [4.78, 5) is 49.5. The molecule has 1 aliphatic heterocycles. The minimum Gasteiger partial charge on any atom is -0.407 e. The fraction of sp³-hybridized carbons (Fsp3) is 0.286. The van der Waals surface area contributed by atoms with E-state index in [4.69, 9.17) is 4.42 Å². The lowest BCUT2D eigenvalue weighted by atomic mass is 9.97. The largest absolute Gasteiger partial charge is 0.420 e. The Morgan fingerprint density at radius 2 is 1.97 bits per heavy atom. The fourth-order valence-electron chi connectivity index (χ4n) is 3.74. The van der Waals surface area contributed by atoms with Crippen LogP contribution in [0.3, 0.4) is 0 Å². The highest BCUT2D eigenvalue weighted by Gasteiger charge is 2.29. The molecule has 1 N–H and O–H groups in total. The number of oxazole rings is 1. The molecule has 0 bridgehead atoms. The summed E-state index contributed by atoms with van der Waals surface area (Å²) in [5.41, 5.74) is 0.842. The number of fused-ring (bicyclic) bond motifs is 1. The van der Waals surface area contributed by atoms with Gasteiger partial charge in [0.2, 0.25) is 11.8 Å². The summed E-state index contributed by atoms with van der Waals surface area (Å²) in [5.74, 6) is -1.58. The molecule has 10 nitrogen and oxygen atoms in total. The van der Waals surface area contributed by atoms with Crippen molar-refractivity contribution in [3.05, 3.63) is 69.2 Å². The van der Waals surface area contributed by atoms with Gasteiger partial charge in [-0.15, -0.1) is 0 Å². The van der Waals surface area contributed by atoms with Crippen molar-refractivity contribution in [2.45, 2.75) is 19.4 Å². The molecule has 2 heterocycles. The summed E-state index contributed by atoms with van der Waals surface area (Å²) in [7, 11) is 0. The van der Waals surface area contributed by atoms with Gasteiger partial charge < -0.3 is 14.6 Å². The van der Waals surface area contributed by atoms with Crippen molar-refractivity contribution in [1.29, 1.82) is 0 Å². The molecule has 4 rings (SSSR count). The first-order valence-corrected chi connectivity index (χ1v) is 9.84. The molecule has 1 fully saturated rings. The highest BCUT2D eigenvalue weighted by Crippen LogP contribution is 2.22. The molecule has 1 atom stereocenters. The fourth-order valence-corrected chi connectivity index (χ4v) is 3.74. The number of hydrogen-bond acceptors (Lipinski definition) is 6. The maximum atomic E-state index is 12.8. The monoisotopic (exact) mass is 424 g/mol. The second-order valence-electron chi connectivity index (χ2n) is 7.40. The molecule has 0 radical (unpaired) electrons. The molecular weight excluding hydrogens is 404 g/mol. The van der Waals surface area contributed by atoms with E-state index in [-0.39, 0.29) is 42.1 Å². The smallest absolute Gasteiger partial charge is 0.407 e. The minimum absolute atomic E-state index is 0.0470. The van der Waals surface area contributed by atoms with Gasteiger partial charge in [0.05, 0.1) is 22.4 Å². The van der Waals surface area contributed by atoms with Gasteiger partial charge in [-0.05, 0) is 31.0 Å². The Hall–Kier alpha value is -3.95. The Morgan fingerprint density at radius 1 is 1.19 bits per heavy atom. The lowest BCUT2D eigenvalue weighted by Gasteiger charge is -2.32. The van der Waals surface area contributed by atoms with Crippen LogP contribution in [0, 0.1) is 16.0 Å². The number of rotatable bonds is 5. The molecule has 10 heteroatoms. The van der Waals surface area contributed by atoms with Gasteiger partial charge in [-0.25, -0.2) is 4.79 Å². The van der Waals surface area contributed by atoms with Gasteiger partial charge in [0.25, 0.3) is 5.69 Å². The molecule has 0 aliphatic carbocycles. The number of piperidine rings is 1. The quantitative estimate of drug-likeness (QED) is 0.495. The predicted octanol–water partition coefficient (Wildman–Crippen LogP) is 2.38. The first kappa shape index (κ1) is 20.3. The van der Waals surface area contributed by atoms with Crippen LogP contribution in [0.5, 0.6) is 0 Å². The number of carbonyl (C=O) groups is 2. The van der Waals surface area contributed by atoms with Crippen molar-refractivity contribution in [1.82, 2.24) is 9.47 Å². The number of anilines is 1. The summed E-state index contributed by atoms with van der Waals surface area (Å²) >= 11 is 0. The van der Waals surface area contributed by atoms with Crippen molar-refractivity contribution < 1.29 is 18.9 Å². The molecule has 1 unspecified atom stereocenters. The summed E-state index contributed by atoms with van der Waals surface area (Å²) in [6.45, 7) is 0.480. The molecule has 160 valence electrons. The van der Waals surface area contributed by atoms with E-state index in [0.29, 0.717) is 30.6 Å². The summed E-state index contributed by atoms with van der Waals surface area (Å²) in [6, 6.07) is 12.9. The van der Waals surface area contributed by atoms with E-state index in [9.17, 15) is 24.5 Å². The van der Waals surface area contributed by atoms with Gasteiger partial charge in [-0.3, -0.25) is 24.3 Å². The van der Waals surface area contributed by atoms with E-state index in [2.05, 4.69) is 5.32 Å². The van der Waals surface area contributed by atoms with Crippen LogP contribution in [-0.2, 0) is 16.1 Å². The molecule has 0 spiro atoms. The molecular formula is C21H20N4O6. The van der Waals surface area contributed by atoms with Crippen LogP contribution in [0.15, 0.2) is 57.7 Å². The lowest BCUT2D eigenvalue weighted by Crippen LogP contribution is -2.45. The maximum Gasteiger partial charge on any atom is 0.420 e. The maximum absolute atomic E-state index is 12.8. The lowest BCUT2D eigenvalue weighted by molar-refractivity contribution is -0.384. The third-order valence-corrected chi connectivity index (χ3v) is 5.34. The highest BCUT2D eigenvalue weighted by atomic mass is 16.6. The van der Waals surface area contributed by atoms with Crippen LogP contribution in [0.1, 0.15) is 12.8 Å². The van der Waals surface area contributed by atoms with E-state index < -0.39 is 10.7 Å². The third-order valence-electron chi connectivity index (χ3n) is 5.34. The first-order valence-electron chi connectivity index (χ1n) is 9.84. The predicted molar refractivity (Wildman–Crippen MR) is 112 cm³/mol. The number of nitro benzene ring substituents is 1. The molecule has 0 saturated carbocycles. The molecule has 31 heavy (non-hydrogen) atoms. The Kier molecular flexibility index (Phi) is 5.52. The molecule has 3 aromatic rings. The SMILES string of the molecule is O=C(Nc1ccccc1)C1CCCN(C(=O)Cn2c(=O)oc3cc([N+](=O)[O-])ccc32)C1. The number of nitrogens with one attached hydrogen (secondary N) is 1. The van der Waals surface area contributed by atoms with Crippen molar-refractivity contribution >= 4 is 34.3 Å². The normalized spacial score (nSPS) is 16.3. The molecule has 2 amide bonds. The summed E-state index contributed by atoms with van der Waals surface area (Å²) in [6.07, 6.45) is 1.34. The number of hydrogen-bond donors (Lipinski definition) is 1. The van der Waals surface area contributed by atoms with Crippen molar-refractivity contribution in [2.75, 3.05) is 18.4 Å². The Morgan fingerprint density at radius 3 is 2.71 bits per heavy atom. The summed E-state index contributed by atoms with van der Waals surface area (Å²) in [5, 5.41) is 13.8. The topological polar surface area (TPSA) is 128 Å². The number of likely N-dealkylation sites (tertiary alicyclic amines) is 1. The van der Waals surface area contributed by atoms with Gasteiger partial charge in [0, 0.05) is 24.8 Å². The van der Waals surface area contributed by atoms with Gasteiger partial charge >= 0.3 is 5.76 Å². The number of aromatic nitrogens is 1. The second kappa shape index (κ2) is 8.42. The van der Waals surface area contributed by atoms with Gasteiger partial charge in [0.15, 0.2) is 5.58 Å². The van der Waals surface area contributed by atoms with Gasteiger partial charge in [-0.2, -0.15) is 0 Å². The Balaban J connectivity index is 1.46. The number of para-hydroxylation sites is 1. The number of nitrogens with zero attached hydrogens (tertiary/aromatic N) is 3. The second-order valence-corrected chi connectivity index (χ2v) is 7.40. The number of amides is 2. The first-order chi connectivity index (χ1) is 14.9. The molecule has 2 aromatic carbocycles. The number of carbonyl (C=O) groups excluding carboxylic acids is 2. The average Bonchev–Trinajstić information content (AvgIpc) is 3.08. The van der Waals surface area contributed by atoms with Crippen molar-refractivity contribution in [3.8, 4) is 0 Å². The zero-order valence-electron chi connectivity index (χ0n) is 16.5. The van der Waals surface area contributed by atoms with Crippen LogP contribution in [-0.4, -0.2) is 39.3 Å². The van der Waals surface area contributed by atoms with Gasteiger partial charge in [-0.1, -0.05) is 18.2 Å². The zero-order chi connectivity index (χ0) is 22.0. The molecule has 1 aliphatic rings.